The summed E-state index contributed by atoms with van der Waals surface area (Å²) in [4.78, 5) is 7.96. The summed E-state index contributed by atoms with van der Waals surface area (Å²) < 4.78 is 0. The number of aromatic nitrogens is 2. The van der Waals surface area contributed by atoms with Crippen molar-refractivity contribution in [3.05, 3.63) is 18.6 Å². The van der Waals surface area contributed by atoms with Crippen molar-refractivity contribution in [3.8, 4) is 0 Å². The molecule has 1 N–H and O–H groups in total. The zero-order valence-corrected chi connectivity index (χ0v) is 7.74. The van der Waals surface area contributed by atoms with Gasteiger partial charge >= 0.3 is 0 Å². The summed E-state index contributed by atoms with van der Waals surface area (Å²) in [6, 6.07) is 1.90. The standard InChI is InChI=1S/C10H15N3/c1-2-9(3-1)4-7-12-10-5-6-11-8-13-10/h5-6,8-9H,1-4,7H2,(H,11,12,13). The molecule has 0 aliphatic heterocycles. The maximum absolute atomic E-state index is 4.10. The number of hydrogen-bond donors (Lipinski definition) is 1. The van der Waals surface area contributed by atoms with Gasteiger partial charge in [-0.3, -0.25) is 0 Å². The molecular formula is C10H15N3. The molecule has 0 bridgehead atoms. The zero-order valence-electron chi connectivity index (χ0n) is 7.74. The lowest BCUT2D eigenvalue weighted by Crippen LogP contribution is -2.15. The van der Waals surface area contributed by atoms with Crippen molar-refractivity contribution in [2.24, 2.45) is 5.92 Å². The zero-order chi connectivity index (χ0) is 8.93. The van der Waals surface area contributed by atoms with Crippen molar-refractivity contribution in [3.63, 3.8) is 0 Å². The Morgan fingerprint density at radius 3 is 3.00 bits per heavy atom. The van der Waals surface area contributed by atoms with Crippen molar-refractivity contribution in [2.45, 2.75) is 25.7 Å². The number of nitrogens with zero attached hydrogens (tertiary/aromatic N) is 2. The molecule has 1 fully saturated rings. The summed E-state index contributed by atoms with van der Waals surface area (Å²) in [6.45, 7) is 1.04. The molecule has 1 aliphatic carbocycles. The average Bonchev–Trinajstić information content (AvgIpc) is 2.11. The SMILES string of the molecule is c1cc(NCCC2CCC2)ncn1. The fraction of sp³-hybridized carbons (Fsp3) is 0.600. The first-order chi connectivity index (χ1) is 6.45. The summed E-state index contributed by atoms with van der Waals surface area (Å²) in [5.41, 5.74) is 0. The molecule has 1 heterocycles. The maximum atomic E-state index is 4.10. The Balaban J connectivity index is 1.67. The summed E-state index contributed by atoms with van der Waals surface area (Å²) in [5.74, 6) is 1.91. The predicted octanol–water partition coefficient (Wildman–Crippen LogP) is 2.08. The van der Waals surface area contributed by atoms with Crippen LogP contribution in [-0.4, -0.2) is 16.5 Å². The Kier molecular flexibility index (Phi) is 2.75. The topological polar surface area (TPSA) is 37.8 Å². The molecule has 0 saturated heterocycles. The van der Waals surface area contributed by atoms with Gasteiger partial charge in [0.1, 0.15) is 12.1 Å². The van der Waals surface area contributed by atoms with E-state index in [1.54, 1.807) is 12.5 Å². The van der Waals surface area contributed by atoms with Gasteiger partial charge in [0.15, 0.2) is 0 Å². The van der Waals surface area contributed by atoms with Gasteiger partial charge in [-0.1, -0.05) is 19.3 Å². The largest absolute Gasteiger partial charge is 0.370 e. The van der Waals surface area contributed by atoms with Crippen LogP contribution < -0.4 is 5.32 Å². The van der Waals surface area contributed by atoms with Crippen molar-refractivity contribution in [2.75, 3.05) is 11.9 Å². The number of nitrogens with one attached hydrogen (secondary N) is 1. The number of rotatable bonds is 4. The van der Waals surface area contributed by atoms with Crippen LogP contribution in [0.4, 0.5) is 5.82 Å². The van der Waals surface area contributed by atoms with Gasteiger partial charge in [0.2, 0.25) is 0 Å². The van der Waals surface area contributed by atoms with E-state index >= 15 is 0 Å². The van der Waals surface area contributed by atoms with Crippen molar-refractivity contribution in [1.29, 1.82) is 0 Å². The molecule has 1 aliphatic rings. The van der Waals surface area contributed by atoms with Gasteiger partial charge in [0.05, 0.1) is 0 Å². The van der Waals surface area contributed by atoms with Crippen LogP contribution in [0, 0.1) is 5.92 Å². The fourth-order valence-corrected chi connectivity index (χ4v) is 1.58. The molecular weight excluding hydrogens is 162 g/mol. The summed E-state index contributed by atoms with van der Waals surface area (Å²) >= 11 is 0. The second kappa shape index (κ2) is 4.21. The van der Waals surface area contributed by atoms with Gasteiger partial charge in [-0.25, -0.2) is 9.97 Å². The van der Waals surface area contributed by atoms with Crippen molar-refractivity contribution in [1.82, 2.24) is 9.97 Å². The Morgan fingerprint density at radius 1 is 1.46 bits per heavy atom. The minimum absolute atomic E-state index is 0.939. The number of anilines is 1. The molecule has 0 aromatic carbocycles. The van der Waals surface area contributed by atoms with Crippen molar-refractivity contribution < 1.29 is 0 Å². The second-order valence-electron chi connectivity index (χ2n) is 3.61. The average molecular weight is 177 g/mol. The molecule has 13 heavy (non-hydrogen) atoms. The molecule has 0 spiro atoms. The highest BCUT2D eigenvalue weighted by molar-refractivity contribution is 5.31. The van der Waals surface area contributed by atoms with Crippen LogP contribution in [0.15, 0.2) is 18.6 Å². The summed E-state index contributed by atoms with van der Waals surface area (Å²) in [6.07, 6.45) is 8.89. The van der Waals surface area contributed by atoms with E-state index in [2.05, 4.69) is 15.3 Å². The molecule has 0 unspecified atom stereocenters. The van der Waals surface area contributed by atoms with Gasteiger partial charge in [0, 0.05) is 12.7 Å². The van der Waals surface area contributed by atoms with Crippen LogP contribution >= 0.6 is 0 Å². The first kappa shape index (κ1) is 8.48. The van der Waals surface area contributed by atoms with E-state index in [0.717, 1.165) is 18.3 Å². The van der Waals surface area contributed by atoms with Crippen LogP contribution in [0.1, 0.15) is 25.7 Å². The summed E-state index contributed by atoms with van der Waals surface area (Å²) in [7, 11) is 0. The maximum Gasteiger partial charge on any atom is 0.129 e. The molecule has 0 amide bonds. The molecule has 0 atom stereocenters. The Hall–Kier alpha value is -1.12. The van der Waals surface area contributed by atoms with Gasteiger partial charge < -0.3 is 5.32 Å². The van der Waals surface area contributed by atoms with E-state index < -0.39 is 0 Å². The second-order valence-corrected chi connectivity index (χ2v) is 3.61. The van der Waals surface area contributed by atoms with E-state index in [1.807, 2.05) is 6.07 Å². The van der Waals surface area contributed by atoms with E-state index in [9.17, 15) is 0 Å². The fourth-order valence-electron chi connectivity index (χ4n) is 1.58. The lowest BCUT2D eigenvalue weighted by molar-refractivity contribution is 0.303. The van der Waals surface area contributed by atoms with Crippen LogP contribution in [0.3, 0.4) is 0 Å². The lowest BCUT2D eigenvalue weighted by atomic mass is 9.83. The Labute approximate surface area is 78.6 Å². The van der Waals surface area contributed by atoms with Crippen molar-refractivity contribution >= 4 is 5.82 Å². The monoisotopic (exact) mass is 177 g/mol. The van der Waals surface area contributed by atoms with Gasteiger partial charge in [-0.2, -0.15) is 0 Å². The van der Waals surface area contributed by atoms with Crippen LogP contribution in [0.5, 0.6) is 0 Å². The third-order valence-corrected chi connectivity index (χ3v) is 2.67. The van der Waals surface area contributed by atoms with E-state index in [4.69, 9.17) is 0 Å². The predicted molar refractivity (Wildman–Crippen MR) is 52.5 cm³/mol. The summed E-state index contributed by atoms with van der Waals surface area (Å²) in [5, 5.41) is 3.29. The van der Waals surface area contributed by atoms with Gasteiger partial charge in [-0.05, 0) is 18.4 Å². The lowest BCUT2D eigenvalue weighted by Gasteiger charge is -2.25. The minimum Gasteiger partial charge on any atom is -0.370 e. The van der Waals surface area contributed by atoms with Crippen LogP contribution in [-0.2, 0) is 0 Å². The molecule has 3 heteroatoms. The highest BCUT2D eigenvalue weighted by Crippen LogP contribution is 2.28. The smallest absolute Gasteiger partial charge is 0.129 e. The van der Waals surface area contributed by atoms with E-state index in [0.29, 0.717) is 0 Å². The van der Waals surface area contributed by atoms with Crippen LogP contribution in [0.2, 0.25) is 0 Å². The molecule has 3 nitrogen and oxygen atoms in total. The van der Waals surface area contributed by atoms with E-state index in [-0.39, 0.29) is 0 Å². The molecule has 1 aromatic rings. The number of hydrogen-bond acceptors (Lipinski definition) is 3. The Morgan fingerprint density at radius 2 is 2.38 bits per heavy atom. The Bertz CT molecular complexity index is 244. The first-order valence-corrected chi connectivity index (χ1v) is 4.95. The van der Waals surface area contributed by atoms with E-state index in [1.165, 1.54) is 25.7 Å². The molecule has 70 valence electrons. The molecule has 1 aromatic heterocycles. The normalized spacial score (nSPS) is 16.6. The molecule has 0 radical (unpaired) electrons. The minimum atomic E-state index is 0.939. The highest BCUT2D eigenvalue weighted by Gasteiger charge is 2.16. The quantitative estimate of drug-likeness (QED) is 0.765. The van der Waals surface area contributed by atoms with Gasteiger partial charge in [-0.15, -0.1) is 0 Å². The van der Waals surface area contributed by atoms with Gasteiger partial charge in [0.25, 0.3) is 0 Å². The third-order valence-electron chi connectivity index (χ3n) is 2.67. The highest BCUT2D eigenvalue weighted by atomic mass is 15.0. The molecule has 2 rings (SSSR count). The molecule has 1 saturated carbocycles. The third kappa shape index (κ3) is 2.41. The first-order valence-electron chi connectivity index (χ1n) is 4.95. The van der Waals surface area contributed by atoms with Crippen LogP contribution in [0.25, 0.3) is 0 Å².